The number of anilines is 1. The predicted molar refractivity (Wildman–Crippen MR) is 71.9 cm³/mol. The fourth-order valence-corrected chi connectivity index (χ4v) is 2.37. The number of aromatic nitrogens is 1. The number of rotatable bonds is 0. The van der Waals surface area contributed by atoms with E-state index in [1.165, 1.54) is 12.4 Å². The molecule has 1 aromatic rings. The highest BCUT2D eigenvalue weighted by atomic mass is 16.6. The van der Waals surface area contributed by atoms with Crippen molar-refractivity contribution in [3.8, 4) is 0 Å². The summed E-state index contributed by atoms with van der Waals surface area (Å²) < 4.78 is 6.14. The highest BCUT2D eigenvalue weighted by molar-refractivity contribution is 5.92. The number of carbonyl (C=O) groups excluding carboxylic acids is 1. The van der Waals surface area contributed by atoms with Crippen LogP contribution in [0.2, 0.25) is 0 Å². The SMILES string of the molecule is CC(C)(C)OC(=O)N1c2c[n+]([O-])ccc2CC1(C)C. The van der Waals surface area contributed by atoms with E-state index in [0.717, 1.165) is 5.56 Å². The van der Waals surface area contributed by atoms with Crippen molar-refractivity contribution in [1.29, 1.82) is 0 Å². The van der Waals surface area contributed by atoms with Gasteiger partial charge in [0.1, 0.15) is 11.3 Å². The molecule has 1 aliphatic heterocycles. The van der Waals surface area contributed by atoms with Crippen molar-refractivity contribution in [2.45, 2.75) is 52.2 Å². The Morgan fingerprint density at radius 2 is 2.11 bits per heavy atom. The van der Waals surface area contributed by atoms with Crippen LogP contribution in [0.15, 0.2) is 18.5 Å². The maximum Gasteiger partial charge on any atom is 0.415 e. The van der Waals surface area contributed by atoms with E-state index in [2.05, 4.69) is 0 Å². The zero-order valence-corrected chi connectivity index (χ0v) is 12.1. The van der Waals surface area contributed by atoms with Gasteiger partial charge in [-0.2, -0.15) is 4.73 Å². The zero-order chi connectivity index (χ0) is 14.4. The zero-order valence-electron chi connectivity index (χ0n) is 12.1. The summed E-state index contributed by atoms with van der Waals surface area (Å²) in [6, 6.07) is 1.76. The first-order chi connectivity index (χ1) is 8.60. The molecule has 0 aromatic carbocycles. The van der Waals surface area contributed by atoms with Crippen molar-refractivity contribution in [2.24, 2.45) is 0 Å². The van der Waals surface area contributed by atoms with Gasteiger partial charge in [0, 0.05) is 11.6 Å². The summed E-state index contributed by atoms with van der Waals surface area (Å²) in [5, 5.41) is 11.4. The lowest BCUT2D eigenvalue weighted by atomic mass is 10.00. The van der Waals surface area contributed by atoms with Crippen LogP contribution in [0.25, 0.3) is 0 Å². The van der Waals surface area contributed by atoms with E-state index in [1.54, 1.807) is 11.0 Å². The minimum absolute atomic E-state index is 0.390. The van der Waals surface area contributed by atoms with Crippen LogP contribution >= 0.6 is 0 Å². The third kappa shape index (κ3) is 2.64. The molecule has 1 aliphatic rings. The molecule has 5 nitrogen and oxygen atoms in total. The number of amides is 1. The molecule has 0 N–H and O–H groups in total. The topological polar surface area (TPSA) is 56.5 Å². The lowest BCUT2D eigenvalue weighted by Gasteiger charge is -2.33. The van der Waals surface area contributed by atoms with E-state index in [-0.39, 0.29) is 5.54 Å². The summed E-state index contributed by atoms with van der Waals surface area (Å²) in [5.41, 5.74) is 0.677. The highest BCUT2D eigenvalue weighted by Gasteiger charge is 2.43. The van der Waals surface area contributed by atoms with Gasteiger partial charge in [-0.1, -0.05) is 0 Å². The third-order valence-electron chi connectivity index (χ3n) is 3.05. The molecule has 0 bridgehead atoms. The Morgan fingerprint density at radius 3 is 2.68 bits per heavy atom. The van der Waals surface area contributed by atoms with Crippen LogP contribution in [0.5, 0.6) is 0 Å². The lowest BCUT2D eigenvalue weighted by Crippen LogP contribution is -2.48. The van der Waals surface area contributed by atoms with Crippen molar-refractivity contribution in [1.82, 2.24) is 0 Å². The second-order valence-electron chi connectivity index (χ2n) is 6.52. The summed E-state index contributed by atoms with van der Waals surface area (Å²) in [4.78, 5) is 13.9. The average Bonchev–Trinajstić information content (AvgIpc) is 2.44. The van der Waals surface area contributed by atoms with Gasteiger partial charge < -0.3 is 9.94 Å². The largest absolute Gasteiger partial charge is 0.619 e. The van der Waals surface area contributed by atoms with Gasteiger partial charge in [0.25, 0.3) is 0 Å². The van der Waals surface area contributed by atoms with Crippen LogP contribution in [0.3, 0.4) is 0 Å². The van der Waals surface area contributed by atoms with Crippen LogP contribution < -0.4 is 9.63 Å². The summed E-state index contributed by atoms with van der Waals surface area (Å²) in [7, 11) is 0. The fourth-order valence-electron chi connectivity index (χ4n) is 2.37. The number of fused-ring (bicyclic) bond motifs is 1. The Morgan fingerprint density at radius 1 is 1.47 bits per heavy atom. The average molecular weight is 264 g/mol. The fraction of sp³-hybridized carbons (Fsp3) is 0.571. The van der Waals surface area contributed by atoms with Crippen LogP contribution in [-0.2, 0) is 11.2 Å². The smallest absolute Gasteiger partial charge is 0.415 e. The van der Waals surface area contributed by atoms with Crippen molar-refractivity contribution in [2.75, 3.05) is 4.90 Å². The van der Waals surface area contributed by atoms with Crippen LogP contribution in [0.4, 0.5) is 10.5 Å². The Labute approximate surface area is 113 Å². The first-order valence-corrected chi connectivity index (χ1v) is 6.35. The quantitative estimate of drug-likeness (QED) is 0.534. The van der Waals surface area contributed by atoms with E-state index in [9.17, 15) is 10.0 Å². The van der Waals surface area contributed by atoms with Crippen molar-refractivity contribution >= 4 is 11.8 Å². The third-order valence-corrected chi connectivity index (χ3v) is 3.05. The van der Waals surface area contributed by atoms with Gasteiger partial charge in [0.05, 0.1) is 0 Å². The van der Waals surface area contributed by atoms with Gasteiger partial charge in [0.2, 0.25) is 6.20 Å². The summed E-state index contributed by atoms with van der Waals surface area (Å²) >= 11 is 0. The summed E-state index contributed by atoms with van der Waals surface area (Å²) in [6.45, 7) is 9.41. The lowest BCUT2D eigenvalue weighted by molar-refractivity contribution is -0.604. The van der Waals surface area contributed by atoms with E-state index in [1.807, 2.05) is 34.6 Å². The van der Waals surface area contributed by atoms with Gasteiger partial charge in [-0.05, 0) is 46.6 Å². The number of hydrogen-bond donors (Lipinski definition) is 0. The molecule has 104 valence electrons. The maximum atomic E-state index is 12.3. The molecular weight excluding hydrogens is 244 g/mol. The molecule has 0 saturated heterocycles. The highest BCUT2D eigenvalue weighted by Crippen LogP contribution is 2.38. The maximum absolute atomic E-state index is 12.3. The molecule has 5 heteroatoms. The molecule has 0 unspecified atom stereocenters. The van der Waals surface area contributed by atoms with Crippen LogP contribution in [0.1, 0.15) is 40.2 Å². The van der Waals surface area contributed by atoms with Gasteiger partial charge in [0.15, 0.2) is 6.20 Å². The van der Waals surface area contributed by atoms with E-state index < -0.39 is 11.7 Å². The first kappa shape index (κ1) is 13.6. The van der Waals surface area contributed by atoms with Gasteiger partial charge >= 0.3 is 6.09 Å². The molecule has 0 saturated carbocycles. The molecular formula is C14H20N2O3. The minimum atomic E-state index is -0.557. The molecule has 1 amide bonds. The molecule has 0 aliphatic carbocycles. The first-order valence-electron chi connectivity index (χ1n) is 6.35. The second-order valence-corrected chi connectivity index (χ2v) is 6.52. The second kappa shape index (κ2) is 4.11. The van der Waals surface area contributed by atoms with Crippen LogP contribution in [0, 0.1) is 5.21 Å². The molecule has 1 aromatic heterocycles. The molecule has 0 fully saturated rings. The number of ether oxygens (including phenoxy) is 1. The van der Waals surface area contributed by atoms with Crippen molar-refractivity contribution < 1.29 is 14.3 Å². The Bertz CT molecular complexity index is 518. The number of carbonyl (C=O) groups is 1. The van der Waals surface area contributed by atoms with E-state index in [0.29, 0.717) is 16.8 Å². The van der Waals surface area contributed by atoms with Gasteiger partial charge in [-0.25, -0.2) is 4.79 Å². The molecule has 2 heterocycles. The molecule has 0 radical (unpaired) electrons. The minimum Gasteiger partial charge on any atom is -0.619 e. The van der Waals surface area contributed by atoms with Gasteiger partial charge in [-0.3, -0.25) is 4.90 Å². The normalized spacial score (nSPS) is 17.2. The monoisotopic (exact) mass is 264 g/mol. The summed E-state index contributed by atoms with van der Waals surface area (Å²) in [5.74, 6) is 0. The standard InChI is InChI=1S/C14H20N2O3/c1-13(2,3)19-12(17)16-11-9-15(18)7-6-10(11)8-14(16,4)5/h6-7,9H,8H2,1-5H3. The number of nitrogens with zero attached hydrogens (tertiary/aromatic N) is 2. The van der Waals surface area contributed by atoms with Gasteiger partial charge in [-0.15, -0.1) is 0 Å². The van der Waals surface area contributed by atoms with Crippen molar-refractivity contribution in [3.05, 3.63) is 29.2 Å². The summed E-state index contributed by atoms with van der Waals surface area (Å²) in [6.07, 6.45) is 3.17. The molecule has 0 spiro atoms. The molecule has 19 heavy (non-hydrogen) atoms. The Hall–Kier alpha value is -1.78. The Balaban J connectivity index is 2.39. The van der Waals surface area contributed by atoms with Crippen LogP contribution in [-0.4, -0.2) is 17.2 Å². The molecule has 0 atom stereocenters. The Kier molecular flexibility index (Phi) is 2.96. The number of pyridine rings is 1. The number of hydrogen-bond acceptors (Lipinski definition) is 3. The molecule has 2 rings (SSSR count). The predicted octanol–water partition coefficient (Wildman–Crippen LogP) is 2.40. The van der Waals surface area contributed by atoms with Crippen molar-refractivity contribution in [3.63, 3.8) is 0 Å². The van der Waals surface area contributed by atoms with E-state index >= 15 is 0 Å². The van der Waals surface area contributed by atoms with E-state index in [4.69, 9.17) is 4.74 Å².